The van der Waals surface area contributed by atoms with Gasteiger partial charge in [-0.15, -0.1) is 0 Å². The van der Waals surface area contributed by atoms with Crippen molar-refractivity contribution in [1.82, 2.24) is 20.9 Å². The van der Waals surface area contributed by atoms with Crippen molar-refractivity contribution in [2.24, 2.45) is 23.7 Å². The lowest BCUT2D eigenvalue weighted by Crippen LogP contribution is -2.60. The van der Waals surface area contributed by atoms with Gasteiger partial charge in [-0.25, -0.2) is 9.59 Å². The smallest absolute Gasteiger partial charge is 0.408 e. The number of fused-ring (bicyclic) bond motifs is 1. The van der Waals surface area contributed by atoms with Gasteiger partial charge < -0.3 is 30.8 Å². The summed E-state index contributed by atoms with van der Waals surface area (Å²) in [6.45, 7) is 1.69. The van der Waals surface area contributed by atoms with Crippen molar-refractivity contribution in [1.29, 1.82) is 0 Å². The highest BCUT2D eigenvalue weighted by Crippen LogP contribution is 2.54. The Labute approximate surface area is 262 Å². The van der Waals surface area contributed by atoms with Crippen LogP contribution in [0.15, 0.2) is 72.9 Å². The molecule has 1 aromatic heterocycles. The first-order valence-electron chi connectivity index (χ1n) is 15.8. The van der Waals surface area contributed by atoms with Gasteiger partial charge in [-0.05, 0) is 79.9 Å². The molecule has 45 heavy (non-hydrogen) atoms. The van der Waals surface area contributed by atoms with E-state index in [1.807, 2.05) is 60.8 Å². The molecule has 10 heteroatoms. The molecule has 2 atom stereocenters. The monoisotopic (exact) mass is 612 g/mol. The van der Waals surface area contributed by atoms with Crippen LogP contribution in [-0.4, -0.2) is 52.2 Å². The Morgan fingerprint density at radius 3 is 2.31 bits per heavy atom. The molecule has 1 heterocycles. The maximum atomic E-state index is 14.0. The number of aromatic amines is 1. The van der Waals surface area contributed by atoms with Crippen molar-refractivity contribution in [2.75, 3.05) is 6.54 Å². The lowest BCUT2D eigenvalue weighted by Gasteiger charge is -2.53. The summed E-state index contributed by atoms with van der Waals surface area (Å²) in [4.78, 5) is 54.2. The number of H-pyrrole nitrogens is 1. The zero-order valence-electron chi connectivity index (χ0n) is 25.3. The Hall–Kier alpha value is -4.60. The first kappa shape index (κ1) is 30.4. The summed E-state index contributed by atoms with van der Waals surface area (Å²) in [7, 11) is 0. The molecule has 1 unspecified atom stereocenters. The Bertz CT molecular complexity index is 1570. The van der Waals surface area contributed by atoms with Crippen LogP contribution in [0.5, 0.6) is 0 Å². The highest BCUT2D eigenvalue weighted by Gasteiger charge is 2.50. The van der Waals surface area contributed by atoms with Gasteiger partial charge in [-0.3, -0.25) is 9.59 Å². The van der Waals surface area contributed by atoms with Gasteiger partial charge in [-0.1, -0.05) is 48.5 Å². The quantitative estimate of drug-likeness (QED) is 0.199. The maximum Gasteiger partial charge on any atom is 0.408 e. The number of rotatable bonds is 11. The standard InChI is InChI=1S/C35H40N4O6/c1-35(18-26-19-36-28-10-6-5-9-27(26)28,39-34(44)45-32-24-14-21-13-22(16-24)17-25(32)15-21)33(43)37-20-29(23-7-3-2-4-8-23)38-30(40)11-12-31(41)42/h2-12,19,21-22,24-25,29,32,36H,13-18,20H2,1H3,(H,37,43)(H,38,40)(H,39,44)(H,41,42)/t21?,22?,24?,25?,29?,32?,35-/m1/s1. The molecular formula is C35H40N4O6. The summed E-state index contributed by atoms with van der Waals surface area (Å²) in [6, 6.07) is 16.2. The van der Waals surface area contributed by atoms with Crippen LogP contribution in [0.4, 0.5) is 4.79 Å². The van der Waals surface area contributed by atoms with Crippen LogP contribution >= 0.6 is 0 Å². The van der Waals surface area contributed by atoms with Gasteiger partial charge in [-0.2, -0.15) is 0 Å². The first-order valence-corrected chi connectivity index (χ1v) is 15.8. The number of para-hydroxylation sites is 1. The SMILES string of the molecule is C[C@](Cc1c[nH]c2ccccc12)(NC(=O)OC1C2CC3CC(C2)CC1C3)C(=O)NCC(NC(=O)C=CC(=O)O)c1ccccc1. The fourth-order valence-corrected chi connectivity index (χ4v) is 7.98. The number of carboxylic acid groups (broad SMARTS) is 1. The molecule has 0 radical (unpaired) electrons. The highest BCUT2D eigenvalue weighted by atomic mass is 16.6. The fourth-order valence-electron chi connectivity index (χ4n) is 7.98. The van der Waals surface area contributed by atoms with Crippen molar-refractivity contribution >= 4 is 34.8 Å². The number of hydrogen-bond acceptors (Lipinski definition) is 5. The third-order valence-electron chi connectivity index (χ3n) is 9.84. The van der Waals surface area contributed by atoms with Crippen molar-refractivity contribution in [2.45, 2.75) is 63.1 Å². The highest BCUT2D eigenvalue weighted by molar-refractivity contribution is 5.94. The third-order valence-corrected chi connectivity index (χ3v) is 9.84. The molecule has 5 N–H and O–H groups in total. The van der Waals surface area contributed by atoms with Crippen LogP contribution in [-0.2, 0) is 25.5 Å². The molecule has 4 aliphatic rings. The molecule has 236 valence electrons. The number of carbonyl (C=O) groups excluding carboxylic acids is 3. The van der Waals surface area contributed by atoms with Crippen LogP contribution in [0.2, 0.25) is 0 Å². The van der Waals surface area contributed by atoms with E-state index in [4.69, 9.17) is 9.84 Å². The minimum atomic E-state index is -1.39. The Morgan fingerprint density at radius 2 is 1.62 bits per heavy atom. The Kier molecular flexibility index (Phi) is 8.65. The summed E-state index contributed by atoms with van der Waals surface area (Å²) in [5.74, 6) is -0.0471. The van der Waals surface area contributed by atoms with Crippen LogP contribution in [0.1, 0.15) is 56.2 Å². The van der Waals surface area contributed by atoms with E-state index in [-0.39, 0.29) is 19.1 Å². The number of carbonyl (C=O) groups is 4. The van der Waals surface area contributed by atoms with Crippen LogP contribution < -0.4 is 16.0 Å². The number of aliphatic carboxylic acids is 1. The number of ether oxygens (including phenoxy) is 1. The molecule has 7 rings (SSSR count). The van der Waals surface area contributed by atoms with Crippen molar-refractivity contribution in [3.8, 4) is 0 Å². The van der Waals surface area contributed by atoms with E-state index in [2.05, 4.69) is 20.9 Å². The number of benzene rings is 2. The number of carboxylic acids is 1. The minimum absolute atomic E-state index is 0.00521. The predicted molar refractivity (Wildman–Crippen MR) is 168 cm³/mol. The normalized spacial score (nSPS) is 25.4. The average molecular weight is 613 g/mol. The van der Waals surface area contributed by atoms with Gasteiger partial charge in [0.2, 0.25) is 11.8 Å². The summed E-state index contributed by atoms with van der Waals surface area (Å²) in [5.41, 5.74) is 1.13. The lowest BCUT2D eigenvalue weighted by molar-refractivity contribution is -0.131. The van der Waals surface area contributed by atoms with E-state index in [9.17, 15) is 19.2 Å². The lowest BCUT2D eigenvalue weighted by atomic mass is 9.55. The van der Waals surface area contributed by atoms with E-state index in [1.54, 1.807) is 6.92 Å². The molecule has 0 saturated heterocycles. The van der Waals surface area contributed by atoms with Crippen LogP contribution in [0, 0.1) is 23.7 Å². The molecule has 3 amide bonds. The number of alkyl carbamates (subject to hydrolysis) is 1. The summed E-state index contributed by atoms with van der Waals surface area (Å²) >= 11 is 0. The maximum absolute atomic E-state index is 14.0. The topological polar surface area (TPSA) is 150 Å². The molecule has 4 aliphatic carbocycles. The van der Waals surface area contributed by atoms with Gasteiger partial charge in [0, 0.05) is 42.2 Å². The van der Waals surface area contributed by atoms with E-state index >= 15 is 0 Å². The second kappa shape index (κ2) is 12.8. The van der Waals surface area contributed by atoms with Gasteiger partial charge >= 0.3 is 12.1 Å². The number of aromatic nitrogens is 1. The molecular weight excluding hydrogens is 572 g/mol. The van der Waals surface area contributed by atoms with Crippen molar-refractivity contribution in [3.05, 3.63) is 84.1 Å². The fraction of sp³-hybridized carbons (Fsp3) is 0.429. The molecule has 3 aromatic rings. The molecule has 4 saturated carbocycles. The van der Waals surface area contributed by atoms with Gasteiger partial charge in [0.1, 0.15) is 11.6 Å². The Morgan fingerprint density at radius 1 is 0.956 bits per heavy atom. The van der Waals surface area contributed by atoms with Crippen LogP contribution in [0.25, 0.3) is 10.9 Å². The first-order chi connectivity index (χ1) is 21.7. The van der Waals surface area contributed by atoms with Crippen molar-refractivity contribution < 1.29 is 29.0 Å². The number of nitrogens with one attached hydrogen (secondary N) is 4. The van der Waals surface area contributed by atoms with Gasteiger partial charge in [0.05, 0.1) is 6.04 Å². The van der Waals surface area contributed by atoms with E-state index in [1.165, 1.54) is 6.42 Å². The van der Waals surface area contributed by atoms with Crippen LogP contribution in [0.3, 0.4) is 0 Å². The molecule has 0 spiro atoms. The predicted octanol–water partition coefficient (Wildman–Crippen LogP) is 4.63. The zero-order valence-corrected chi connectivity index (χ0v) is 25.3. The largest absolute Gasteiger partial charge is 0.478 e. The second-order valence-electron chi connectivity index (χ2n) is 13.1. The summed E-state index contributed by atoms with van der Waals surface area (Å²) in [5, 5.41) is 18.5. The molecule has 4 fully saturated rings. The van der Waals surface area contributed by atoms with E-state index in [0.717, 1.165) is 71.7 Å². The van der Waals surface area contributed by atoms with Gasteiger partial charge in [0.25, 0.3) is 0 Å². The molecule has 10 nitrogen and oxygen atoms in total. The zero-order chi connectivity index (χ0) is 31.6. The Balaban J connectivity index is 1.20. The third kappa shape index (κ3) is 6.90. The minimum Gasteiger partial charge on any atom is -0.478 e. The van der Waals surface area contributed by atoms with Gasteiger partial charge in [0.15, 0.2) is 0 Å². The summed E-state index contributed by atoms with van der Waals surface area (Å²) in [6.07, 6.45) is 8.72. The number of hydrogen-bond donors (Lipinski definition) is 5. The summed E-state index contributed by atoms with van der Waals surface area (Å²) < 4.78 is 6.12. The number of amides is 3. The van der Waals surface area contributed by atoms with E-state index < -0.39 is 35.5 Å². The molecule has 2 aromatic carbocycles. The van der Waals surface area contributed by atoms with Crippen molar-refractivity contribution in [3.63, 3.8) is 0 Å². The average Bonchev–Trinajstić information content (AvgIpc) is 3.42. The molecule has 4 bridgehead atoms. The van der Waals surface area contributed by atoms with E-state index in [0.29, 0.717) is 11.8 Å². The second-order valence-corrected chi connectivity index (χ2v) is 13.1. The molecule has 0 aliphatic heterocycles.